The van der Waals surface area contributed by atoms with E-state index in [1.165, 1.54) is 5.56 Å². The van der Waals surface area contributed by atoms with Gasteiger partial charge in [0.1, 0.15) is 0 Å². The number of aliphatic hydroxyl groups excluding tert-OH is 1. The lowest BCUT2D eigenvalue weighted by Crippen LogP contribution is -2.48. The van der Waals surface area contributed by atoms with Crippen LogP contribution in [-0.4, -0.2) is 34.5 Å². The van der Waals surface area contributed by atoms with E-state index in [4.69, 9.17) is 0 Å². The Balaban J connectivity index is 2.43. The number of pyridine rings is 1. The molecule has 1 unspecified atom stereocenters. The predicted octanol–water partition coefficient (Wildman–Crippen LogP) is 3.71. The topological polar surface area (TPSA) is 45.1 Å². The van der Waals surface area contributed by atoms with Crippen molar-refractivity contribution in [3.8, 4) is 0 Å². The quantitative estimate of drug-likeness (QED) is 0.511. The summed E-state index contributed by atoms with van der Waals surface area (Å²) in [7, 11) is 0. The van der Waals surface area contributed by atoms with E-state index in [1.807, 2.05) is 18.7 Å². The van der Waals surface area contributed by atoms with Crippen molar-refractivity contribution in [2.24, 2.45) is 0 Å². The van der Waals surface area contributed by atoms with E-state index in [2.05, 4.69) is 43.2 Å². The van der Waals surface area contributed by atoms with Crippen LogP contribution in [0.25, 0.3) is 0 Å². The Morgan fingerprint density at radius 1 is 1.29 bits per heavy atom. The molecule has 1 rings (SSSR count). The fourth-order valence-corrected chi connectivity index (χ4v) is 3.47. The van der Waals surface area contributed by atoms with Crippen molar-refractivity contribution >= 4 is 11.8 Å². The SMILES string of the molecule is CCCNC(CC)(CO)CCCSc1cc(C)cc(C)n1. The monoisotopic (exact) mass is 310 g/mol. The van der Waals surface area contributed by atoms with Gasteiger partial charge in [0.05, 0.1) is 11.6 Å². The molecule has 0 aromatic carbocycles. The van der Waals surface area contributed by atoms with Crippen LogP contribution in [0.4, 0.5) is 0 Å². The summed E-state index contributed by atoms with van der Waals surface area (Å²) in [5.74, 6) is 1.05. The zero-order chi connectivity index (χ0) is 15.7. The first-order valence-electron chi connectivity index (χ1n) is 7.99. The lowest BCUT2D eigenvalue weighted by molar-refractivity contribution is 0.146. The summed E-state index contributed by atoms with van der Waals surface area (Å²) in [4.78, 5) is 4.56. The van der Waals surface area contributed by atoms with Crippen LogP contribution in [0.1, 0.15) is 50.8 Å². The summed E-state index contributed by atoms with van der Waals surface area (Å²) in [5, 5.41) is 14.3. The number of aromatic nitrogens is 1. The average Bonchev–Trinajstić information content (AvgIpc) is 2.46. The second-order valence-electron chi connectivity index (χ2n) is 5.79. The van der Waals surface area contributed by atoms with Gasteiger partial charge in [-0.05, 0) is 69.5 Å². The molecule has 21 heavy (non-hydrogen) atoms. The standard InChI is InChI=1S/C17H30N2OS/c1-5-9-18-17(6-2,13-20)8-7-10-21-16-12-14(3)11-15(4)19-16/h11-12,18,20H,5-10,13H2,1-4H3. The molecule has 0 radical (unpaired) electrons. The summed E-state index contributed by atoms with van der Waals surface area (Å²) in [6, 6.07) is 4.25. The fourth-order valence-electron chi connectivity index (χ4n) is 2.49. The van der Waals surface area contributed by atoms with E-state index < -0.39 is 0 Å². The number of hydrogen-bond donors (Lipinski definition) is 2. The van der Waals surface area contributed by atoms with E-state index in [0.29, 0.717) is 0 Å². The molecule has 3 nitrogen and oxygen atoms in total. The largest absolute Gasteiger partial charge is 0.394 e. The van der Waals surface area contributed by atoms with Crippen molar-refractivity contribution in [1.82, 2.24) is 10.3 Å². The second kappa shape index (κ2) is 9.44. The number of aliphatic hydroxyl groups is 1. The Labute approximate surface area is 133 Å². The Morgan fingerprint density at radius 2 is 2.05 bits per heavy atom. The highest BCUT2D eigenvalue weighted by Crippen LogP contribution is 2.23. The van der Waals surface area contributed by atoms with Crippen LogP contribution in [0.2, 0.25) is 0 Å². The second-order valence-corrected chi connectivity index (χ2v) is 6.91. The molecule has 0 saturated heterocycles. The van der Waals surface area contributed by atoms with Crippen LogP contribution >= 0.6 is 11.8 Å². The van der Waals surface area contributed by atoms with Crippen LogP contribution in [0.15, 0.2) is 17.2 Å². The number of aryl methyl sites for hydroxylation is 2. The Morgan fingerprint density at radius 3 is 2.62 bits per heavy atom. The van der Waals surface area contributed by atoms with Crippen molar-refractivity contribution in [2.75, 3.05) is 18.9 Å². The maximum absolute atomic E-state index is 9.71. The molecule has 0 aliphatic rings. The van der Waals surface area contributed by atoms with E-state index in [1.54, 1.807) is 0 Å². The van der Waals surface area contributed by atoms with Gasteiger partial charge in [0.15, 0.2) is 0 Å². The third kappa shape index (κ3) is 6.37. The van der Waals surface area contributed by atoms with E-state index in [0.717, 1.165) is 48.7 Å². The van der Waals surface area contributed by atoms with Gasteiger partial charge < -0.3 is 10.4 Å². The van der Waals surface area contributed by atoms with Gasteiger partial charge in [-0.1, -0.05) is 13.8 Å². The minimum Gasteiger partial charge on any atom is -0.394 e. The summed E-state index contributed by atoms with van der Waals surface area (Å²) >= 11 is 1.81. The normalized spacial score (nSPS) is 14.1. The summed E-state index contributed by atoms with van der Waals surface area (Å²) in [6.45, 7) is 9.65. The Bertz CT molecular complexity index is 399. The van der Waals surface area contributed by atoms with Gasteiger partial charge in [0.2, 0.25) is 0 Å². The zero-order valence-corrected chi connectivity index (χ0v) is 14.7. The molecule has 0 saturated carbocycles. The Hall–Kier alpha value is -0.580. The maximum atomic E-state index is 9.71. The number of nitrogens with one attached hydrogen (secondary N) is 1. The van der Waals surface area contributed by atoms with E-state index >= 15 is 0 Å². The lowest BCUT2D eigenvalue weighted by Gasteiger charge is -2.32. The predicted molar refractivity (Wildman–Crippen MR) is 92.1 cm³/mol. The van der Waals surface area contributed by atoms with Crippen LogP contribution in [0, 0.1) is 13.8 Å². The summed E-state index contributed by atoms with van der Waals surface area (Å²) < 4.78 is 0. The van der Waals surface area contributed by atoms with Gasteiger partial charge in [-0.15, -0.1) is 11.8 Å². The Kier molecular flexibility index (Phi) is 8.30. The molecule has 4 heteroatoms. The molecule has 120 valence electrons. The number of thioether (sulfide) groups is 1. The van der Waals surface area contributed by atoms with Crippen LogP contribution in [-0.2, 0) is 0 Å². The highest BCUT2D eigenvalue weighted by Gasteiger charge is 2.25. The highest BCUT2D eigenvalue weighted by molar-refractivity contribution is 7.99. The molecule has 0 aliphatic carbocycles. The van der Waals surface area contributed by atoms with Gasteiger partial charge in [-0.2, -0.15) is 0 Å². The zero-order valence-electron chi connectivity index (χ0n) is 13.9. The van der Waals surface area contributed by atoms with Crippen molar-refractivity contribution < 1.29 is 5.11 Å². The molecule has 0 amide bonds. The number of hydrogen-bond acceptors (Lipinski definition) is 4. The molecule has 1 heterocycles. The van der Waals surface area contributed by atoms with Crippen molar-refractivity contribution in [3.63, 3.8) is 0 Å². The minimum atomic E-state index is -0.105. The highest BCUT2D eigenvalue weighted by atomic mass is 32.2. The molecular weight excluding hydrogens is 280 g/mol. The maximum Gasteiger partial charge on any atom is 0.0965 e. The number of nitrogens with zero attached hydrogens (tertiary/aromatic N) is 1. The molecule has 2 N–H and O–H groups in total. The van der Waals surface area contributed by atoms with Gasteiger partial charge in [-0.25, -0.2) is 4.98 Å². The van der Waals surface area contributed by atoms with Gasteiger partial charge >= 0.3 is 0 Å². The summed E-state index contributed by atoms with van der Waals surface area (Å²) in [5.41, 5.74) is 2.25. The number of rotatable bonds is 10. The summed E-state index contributed by atoms with van der Waals surface area (Å²) in [6.07, 6.45) is 4.17. The minimum absolute atomic E-state index is 0.105. The molecule has 0 aliphatic heterocycles. The molecular formula is C17H30N2OS. The molecule has 1 aromatic rings. The van der Waals surface area contributed by atoms with Gasteiger partial charge in [0, 0.05) is 11.2 Å². The van der Waals surface area contributed by atoms with Crippen LogP contribution < -0.4 is 5.32 Å². The molecule has 0 spiro atoms. The van der Waals surface area contributed by atoms with Crippen LogP contribution in [0.3, 0.4) is 0 Å². The molecule has 1 atom stereocenters. The smallest absolute Gasteiger partial charge is 0.0965 e. The third-order valence-electron chi connectivity index (χ3n) is 3.85. The van der Waals surface area contributed by atoms with Gasteiger partial charge in [-0.3, -0.25) is 0 Å². The van der Waals surface area contributed by atoms with Crippen molar-refractivity contribution in [2.45, 2.75) is 63.9 Å². The molecule has 0 bridgehead atoms. The first-order chi connectivity index (χ1) is 10.0. The van der Waals surface area contributed by atoms with Crippen LogP contribution in [0.5, 0.6) is 0 Å². The first kappa shape index (κ1) is 18.5. The lowest BCUT2D eigenvalue weighted by atomic mass is 9.91. The average molecular weight is 311 g/mol. The van der Waals surface area contributed by atoms with Crippen molar-refractivity contribution in [3.05, 3.63) is 23.4 Å². The van der Waals surface area contributed by atoms with Crippen molar-refractivity contribution in [1.29, 1.82) is 0 Å². The molecule has 0 fully saturated rings. The van der Waals surface area contributed by atoms with E-state index in [9.17, 15) is 5.11 Å². The third-order valence-corrected chi connectivity index (χ3v) is 4.85. The first-order valence-corrected chi connectivity index (χ1v) is 8.97. The molecule has 1 aromatic heterocycles. The fraction of sp³-hybridized carbons (Fsp3) is 0.706. The van der Waals surface area contributed by atoms with E-state index in [-0.39, 0.29) is 12.1 Å². The van der Waals surface area contributed by atoms with Gasteiger partial charge in [0.25, 0.3) is 0 Å².